The summed E-state index contributed by atoms with van der Waals surface area (Å²) in [6.07, 6.45) is 10.9. The molecule has 4 heterocycles. The lowest BCUT2D eigenvalue weighted by Crippen LogP contribution is -2.28. The van der Waals surface area contributed by atoms with Gasteiger partial charge in [-0.2, -0.15) is 0 Å². The average Bonchev–Trinajstić information content (AvgIpc) is 3.71. The maximum absolute atomic E-state index is 5.27. The van der Waals surface area contributed by atoms with Crippen LogP contribution >= 0.6 is 0 Å². The van der Waals surface area contributed by atoms with Gasteiger partial charge in [0.1, 0.15) is 11.5 Å². The van der Waals surface area contributed by atoms with Crippen LogP contribution in [0.2, 0.25) is 0 Å². The highest BCUT2D eigenvalue weighted by atomic mass is 15.2. The van der Waals surface area contributed by atoms with Gasteiger partial charge in [0.25, 0.3) is 0 Å². The van der Waals surface area contributed by atoms with E-state index in [1.807, 2.05) is 18.3 Å². The van der Waals surface area contributed by atoms with E-state index in [0.29, 0.717) is 5.92 Å². The second kappa shape index (κ2) is 11.6. The fraction of sp³-hybridized carbons (Fsp3) is 0.0435. The van der Waals surface area contributed by atoms with Gasteiger partial charge in [0, 0.05) is 39.8 Å². The number of benzene rings is 5. The molecule has 0 saturated carbocycles. The van der Waals surface area contributed by atoms with Gasteiger partial charge in [-0.1, -0.05) is 121 Å². The van der Waals surface area contributed by atoms with E-state index < -0.39 is 0 Å². The van der Waals surface area contributed by atoms with Crippen LogP contribution in [0.25, 0.3) is 61.3 Å². The molecule has 5 aromatic carbocycles. The first kappa shape index (κ1) is 28.5. The average molecular weight is 641 g/mol. The molecule has 0 bridgehead atoms. The molecule has 0 amide bonds. The molecule has 0 radical (unpaired) electrons. The quantitative estimate of drug-likeness (QED) is 0.188. The van der Waals surface area contributed by atoms with E-state index in [-0.39, 0.29) is 6.04 Å². The van der Waals surface area contributed by atoms with Crippen molar-refractivity contribution in [3.8, 4) is 39.3 Å². The molecule has 2 unspecified atom stereocenters. The highest BCUT2D eigenvalue weighted by Gasteiger charge is 2.37. The van der Waals surface area contributed by atoms with Gasteiger partial charge in [0.05, 0.1) is 17.3 Å². The van der Waals surface area contributed by atoms with E-state index >= 15 is 0 Å². The molecule has 0 spiro atoms. The Morgan fingerprint density at radius 3 is 2.06 bits per heavy atom. The summed E-state index contributed by atoms with van der Waals surface area (Å²) >= 11 is 0. The van der Waals surface area contributed by atoms with Crippen LogP contribution in [0.4, 0.5) is 11.4 Å². The van der Waals surface area contributed by atoms with Gasteiger partial charge in [-0.25, -0.2) is 9.97 Å². The summed E-state index contributed by atoms with van der Waals surface area (Å²) in [4.78, 5) is 12.7. The topological polar surface area (TPSA) is 34.0 Å². The number of aromatic nitrogens is 3. The highest BCUT2D eigenvalue weighted by Crippen LogP contribution is 2.49. The highest BCUT2D eigenvalue weighted by molar-refractivity contribution is 6.09. The van der Waals surface area contributed by atoms with Crippen molar-refractivity contribution in [3.05, 3.63) is 188 Å². The first-order chi connectivity index (χ1) is 24.8. The Kier molecular flexibility index (Phi) is 6.59. The maximum Gasteiger partial charge on any atom is 0.146 e. The zero-order valence-corrected chi connectivity index (χ0v) is 27.3. The van der Waals surface area contributed by atoms with Crippen LogP contribution in [0.3, 0.4) is 0 Å². The smallest absolute Gasteiger partial charge is 0.146 e. The molecule has 4 heteroatoms. The lowest BCUT2D eigenvalue weighted by molar-refractivity contribution is 0.745. The number of rotatable bonds is 5. The van der Waals surface area contributed by atoms with Gasteiger partial charge in [0.15, 0.2) is 0 Å². The molecular formula is C46H32N4. The molecular weight excluding hydrogens is 609 g/mol. The third-order valence-corrected chi connectivity index (χ3v) is 10.2. The van der Waals surface area contributed by atoms with Gasteiger partial charge in [-0.05, 0) is 82.4 Å². The van der Waals surface area contributed by atoms with E-state index in [1.54, 1.807) is 0 Å². The van der Waals surface area contributed by atoms with Gasteiger partial charge < -0.3 is 4.90 Å². The van der Waals surface area contributed by atoms with Crippen LogP contribution in [0.1, 0.15) is 11.5 Å². The van der Waals surface area contributed by atoms with E-state index in [2.05, 4.69) is 173 Å². The Bertz CT molecular complexity index is 2540. The Labute approximate surface area is 290 Å². The molecule has 3 aromatic heterocycles. The van der Waals surface area contributed by atoms with Crippen molar-refractivity contribution in [1.29, 1.82) is 0 Å². The zero-order valence-electron chi connectivity index (χ0n) is 27.3. The van der Waals surface area contributed by atoms with Crippen molar-refractivity contribution < 1.29 is 0 Å². The van der Waals surface area contributed by atoms with E-state index in [0.717, 1.165) is 50.1 Å². The number of para-hydroxylation sites is 1. The molecule has 236 valence electrons. The normalized spacial score (nSPS) is 16.2. The Hall–Kier alpha value is -6.52. The summed E-state index contributed by atoms with van der Waals surface area (Å²) < 4.78 is 2.22. The van der Waals surface area contributed by atoms with Crippen LogP contribution in [-0.2, 0) is 0 Å². The monoisotopic (exact) mass is 640 g/mol. The summed E-state index contributed by atoms with van der Waals surface area (Å²) in [7, 11) is 0. The second-order valence-corrected chi connectivity index (χ2v) is 13.0. The van der Waals surface area contributed by atoms with Crippen LogP contribution < -0.4 is 4.90 Å². The van der Waals surface area contributed by atoms with Crippen molar-refractivity contribution >= 4 is 33.3 Å². The lowest BCUT2D eigenvalue weighted by atomic mass is 9.90. The maximum atomic E-state index is 5.27. The summed E-state index contributed by atoms with van der Waals surface area (Å²) in [5, 5.41) is 2.25. The number of allylic oxidation sites excluding steroid dienone is 2. The van der Waals surface area contributed by atoms with E-state index in [1.165, 1.54) is 28.1 Å². The van der Waals surface area contributed by atoms with Crippen LogP contribution in [-0.4, -0.2) is 20.6 Å². The number of hydrogen-bond acceptors (Lipinski definition) is 3. The predicted octanol–water partition coefficient (Wildman–Crippen LogP) is 11.3. The minimum absolute atomic E-state index is 0.263. The number of nitrogens with zero attached hydrogens (tertiary/aromatic N) is 4. The first-order valence-electron chi connectivity index (χ1n) is 17.2. The van der Waals surface area contributed by atoms with Crippen LogP contribution in [0.15, 0.2) is 182 Å². The third-order valence-electron chi connectivity index (χ3n) is 10.2. The van der Waals surface area contributed by atoms with Gasteiger partial charge in [-0.3, -0.25) is 4.57 Å². The zero-order chi connectivity index (χ0) is 33.0. The fourth-order valence-corrected chi connectivity index (χ4v) is 7.85. The summed E-state index contributed by atoms with van der Waals surface area (Å²) in [6, 6.07) is 54.3. The Morgan fingerprint density at radius 1 is 0.520 bits per heavy atom. The van der Waals surface area contributed by atoms with Crippen LogP contribution in [0.5, 0.6) is 0 Å². The van der Waals surface area contributed by atoms with Crippen molar-refractivity contribution in [2.75, 3.05) is 4.90 Å². The van der Waals surface area contributed by atoms with Crippen molar-refractivity contribution in [1.82, 2.24) is 14.5 Å². The molecule has 0 saturated heterocycles. The Morgan fingerprint density at radius 2 is 1.24 bits per heavy atom. The lowest BCUT2D eigenvalue weighted by Gasteiger charge is -2.28. The number of pyridine rings is 2. The number of fused-ring (bicyclic) bond motifs is 6. The standard InChI is InChI=1S/C46H32N4/c1-4-13-31(14-5-1)35-28-41(32-15-6-2-7-16-32)48-45(30-35)50-43-25-23-33(27-40(43)39-20-12-26-47-46(39)50)34-22-24-38-37-19-10-11-21-42(37)49(44(38)29-34)36-17-8-3-9-18-36/h1-30,37,42H. The summed E-state index contributed by atoms with van der Waals surface area (Å²) in [5.74, 6) is 1.17. The molecule has 2 atom stereocenters. The third kappa shape index (κ3) is 4.61. The van der Waals surface area contributed by atoms with E-state index in [9.17, 15) is 0 Å². The van der Waals surface area contributed by atoms with Gasteiger partial charge in [-0.15, -0.1) is 0 Å². The molecule has 1 aliphatic carbocycles. The second-order valence-electron chi connectivity index (χ2n) is 13.0. The largest absolute Gasteiger partial charge is 0.333 e. The molecule has 2 aliphatic rings. The molecule has 8 aromatic rings. The Balaban J connectivity index is 1.14. The van der Waals surface area contributed by atoms with Crippen molar-refractivity contribution in [2.24, 2.45) is 0 Å². The molecule has 50 heavy (non-hydrogen) atoms. The van der Waals surface area contributed by atoms with Crippen molar-refractivity contribution in [3.63, 3.8) is 0 Å². The van der Waals surface area contributed by atoms with Gasteiger partial charge in [0.2, 0.25) is 0 Å². The molecule has 4 nitrogen and oxygen atoms in total. The predicted molar refractivity (Wildman–Crippen MR) is 206 cm³/mol. The molecule has 1 aliphatic heterocycles. The van der Waals surface area contributed by atoms with E-state index in [4.69, 9.17) is 9.97 Å². The number of hydrogen-bond donors (Lipinski definition) is 0. The minimum Gasteiger partial charge on any atom is -0.333 e. The summed E-state index contributed by atoms with van der Waals surface area (Å²) in [6.45, 7) is 0. The fourth-order valence-electron chi connectivity index (χ4n) is 7.85. The van der Waals surface area contributed by atoms with Crippen molar-refractivity contribution in [2.45, 2.75) is 12.0 Å². The molecule has 0 fully saturated rings. The van der Waals surface area contributed by atoms with Gasteiger partial charge >= 0.3 is 0 Å². The minimum atomic E-state index is 0.263. The first-order valence-corrected chi connectivity index (χ1v) is 17.2. The summed E-state index contributed by atoms with van der Waals surface area (Å²) in [5.41, 5.74) is 12.4. The number of anilines is 2. The molecule has 0 N–H and O–H groups in total. The van der Waals surface area contributed by atoms with Crippen LogP contribution in [0, 0.1) is 0 Å². The SMILES string of the molecule is C1=CC2c3ccc(-c4ccc5c(c4)c4cccnc4n5-c4cc(-c5ccccc5)cc(-c5ccccc5)n4)cc3N(c3ccccc3)C2C=C1. The molecule has 10 rings (SSSR count).